The maximum Gasteiger partial charge on any atom is 0.338 e. The van der Waals surface area contributed by atoms with Crippen molar-refractivity contribution in [2.75, 3.05) is 26.4 Å². The molecule has 2 aromatic rings. The van der Waals surface area contributed by atoms with Crippen molar-refractivity contribution in [1.82, 2.24) is 5.32 Å². The van der Waals surface area contributed by atoms with Crippen LogP contribution in [0.15, 0.2) is 36.4 Å². The molecule has 1 N–H and O–H groups in total. The van der Waals surface area contributed by atoms with Crippen LogP contribution in [0.4, 0.5) is 0 Å². The maximum absolute atomic E-state index is 12.7. The minimum absolute atomic E-state index is 0.00307. The molecule has 1 fully saturated rings. The van der Waals surface area contributed by atoms with Crippen LogP contribution in [0.5, 0.6) is 11.5 Å². The highest BCUT2D eigenvalue weighted by molar-refractivity contribution is 5.92. The van der Waals surface area contributed by atoms with Gasteiger partial charge in [0, 0.05) is 6.54 Å². The third-order valence-electron chi connectivity index (χ3n) is 8.97. The lowest BCUT2D eigenvalue weighted by atomic mass is 9.49. The molecular weight excluding hydrogens is 466 g/mol. The Balaban J connectivity index is 1.20. The summed E-state index contributed by atoms with van der Waals surface area (Å²) in [6.07, 6.45) is 5.64. The first kappa shape index (κ1) is 25.6. The van der Waals surface area contributed by atoms with Gasteiger partial charge >= 0.3 is 5.97 Å². The first-order chi connectivity index (χ1) is 17.7. The van der Waals surface area contributed by atoms with Crippen LogP contribution in [-0.2, 0) is 21.4 Å². The van der Waals surface area contributed by atoms with Gasteiger partial charge in [-0.25, -0.2) is 4.79 Å². The van der Waals surface area contributed by atoms with Gasteiger partial charge in [-0.3, -0.25) is 4.79 Å². The zero-order valence-electron chi connectivity index (χ0n) is 22.5. The average Bonchev–Trinajstić information content (AvgIpc) is 2.90. The van der Waals surface area contributed by atoms with Gasteiger partial charge in [0.05, 0.1) is 5.56 Å². The van der Waals surface area contributed by atoms with Gasteiger partial charge in [-0.15, -0.1) is 0 Å². The van der Waals surface area contributed by atoms with Gasteiger partial charge in [-0.2, -0.15) is 0 Å². The maximum atomic E-state index is 12.7. The van der Waals surface area contributed by atoms with Crippen molar-refractivity contribution in [2.24, 2.45) is 11.3 Å². The van der Waals surface area contributed by atoms with Crippen molar-refractivity contribution in [3.05, 3.63) is 58.7 Å². The lowest BCUT2D eigenvalue weighted by Crippen LogP contribution is -2.53. The Hall–Kier alpha value is -3.02. The van der Waals surface area contributed by atoms with Crippen LogP contribution in [0.1, 0.15) is 86.3 Å². The second kappa shape index (κ2) is 10.0. The number of esters is 1. The highest BCUT2D eigenvalue weighted by Gasteiger charge is 2.51. The lowest BCUT2D eigenvalue weighted by molar-refractivity contribution is -0.125. The van der Waals surface area contributed by atoms with E-state index in [1.54, 1.807) is 18.2 Å². The predicted octanol–water partition coefficient (Wildman–Crippen LogP) is 5.56. The summed E-state index contributed by atoms with van der Waals surface area (Å²) in [4.78, 5) is 25.2. The topological polar surface area (TPSA) is 73.9 Å². The van der Waals surface area contributed by atoms with E-state index >= 15 is 0 Å². The van der Waals surface area contributed by atoms with Crippen molar-refractivity contribution in [3.63, 3.8) is 0 Å². The largest absolute Gasteiger partial charge is 0.486 e. The van der Waals surface area contributed by atoms with Crippen molar-refractivity contribution in [3.8, 4) is 11.5 Å². The van der Waals surface area contributed by atoms with Gasteiger partial charge in [0.15, 0.2) is 18.1 Å². The number of carbonyl (C=O) groups excluding carboxylic acids is 2. The third-order valence-corrected chi connectivity index (χ3v) is 8.97. The predicted molar refractivity (Wildman–Crippen MR) is 142 cm³/mol. The van der Waals surface area contributed by atoms with Crippen molar-refractivity contribution in [2.45, 2.75) is 71.1 Å². The molecule has 198 valence electrons. The second-order valence-corrected chi connectivity index (χ2v) is 11.8. The van der Waals surface area contributed by atoms with E-state index in [0.717, 1.165) is 25.7 Å². The quantitative estimate of drug-likeness (QED) is 0.520. The van der Waals surface area contributed by atoms with Crippen LogP contribution in [0.3, 0.4) is 0 Å². The Morgan fingerprint density at radius 2 is 1.84 bits per heavy atom. The molecule has 6 heteroatoms. The molecule has 1 heterocycles. The number of rotatable bonds is 6. The standard InChI is InChI=1S/C31H39NO5/c1-20(2)21-6-9-24-22(16-21)8-11-27-30(3,12-5-13-31(24,27)4)19-32-28(33)18-37-29(34)23-7-10-25-26(17-23)36-15-14-35-25/h6-7,9-10,16-17,20,27H,5,8,11-15,18-19H2,1-4H3,(H,32,33). The molecule has 1 saturated carbocycles. The molecule has 37 heavy (non-hydrogen) atoms. The highest BCUT2D eigenvalue weighted by Crippen LogP contribution is 2.57. The summed E-state index contributed by atoms with van der Waals surface area (Å²) in [7, 11) is 0. The highest BCUT2D eigenvalue weighted by atomic mass is 16.6. The molecule has 5 rings (SSSR count). The summed E-state index contributed by atoms with van der Waals surface area (Å²) < 4.78 is 16.3. The summed E-state index contributed by atoms with van der Waals surface area (Å²) in [5.74, 6) is 1.34. The summed E-state index contributed by atoms with van der Waals surface area (Å²) in [5, 5.41) is 3.09. The number of carbonyl (C=O) groups is 2. The molecule has 6 nitrogen and oxygen atoms in total. The fourth-order valence-corrected chi connectivity index (χ4v) is 6.95. The van der Waals surface area contributed by atoms with Crippen molar-refractivity contribution < 1.29 is 23.8 Å². The normalized spacial score (nSPS) is 26.1. The summed E-state index contributed by atoms with van der Waals surface area (Å²) >= 11 is 0. The smallest absolute Gasteiger partial charge is 0.338 e. The zero-order chi connectivity index (χ0) is 26.2. The molecule has 0 radical (unpaired) electrons. The number of benzene rings is 2. The van der Waals surface area contributed by atoms with Crippen LogP contribution in [0, 0.1) is 11.3 Å². The van der Waals surface area contributed by atoms with E-state index < -0.39 is 5.97 Å². The van der Waals surface area contributed by atoms with Gasteiger partial charge < -0.3 is 19.5 Å². The average molecular weight is 506 g/mol. The van der Waals surface area contributed by atoms with Crippen LogP contribution < -0.4 is 14.8 Å². The van der Waals surface area contributed by atoms with E-state index in [0.29, 0.717) is 48.7 Å². The number of amides is 1. The first-order valence-electron chi connectivity index (χ1n) is 13.7. The Labute approximate surface area is 220 Å². The first-order valence-corrected chi connectivity index (χ1v) is 13.7. The van der Waals surface area contributed by atoms with E-state index in [-0.39, 0.29) is 23.3 Å². The van der Waals surface area contributed by atoms with Crippen LogP contribution in [0.25, 0.3) is 0 Å². The molecule has 2 aliphatic carbocycles. The molecule has 3 atom stereocenters. The number of ether oxygens (including phenoxy) is 3. The second-order valence-electron chi connectivity index (χ2n) is 11.8. The summed E-state index contributed by atoms with van der Waals surface area (Å²) in [5.41, 5.74) is 4.87. The van der Waals surface area contributed by atoms with Crippen molar-refractivity contribution >= 4 is 11.9 Å². The Morgan fingerprint density at radius 3 is 2.62 bits per heavy atom. The van der Waals surface area contributed by atoms with E-state index in [2.05, 4.69) is 51.2 Å². The Morgan fingerprint density at radius 1 is 1.05 bits per heavy atom. The minimum Gasteiger partial charge on any atom is -0.486 e. The summed E-state index contributed by atoms with van der Waals surface area (Å²) in [6.45, 7) is 10.5. The monoisotopic (exact) mass is 505 g/mol. The van der Waals surface area contributed by atoms with Gasteiger partial charge in [-0.1, -0.05) is 52.3 Å². The fourth-order valence-electron chi connectivity index (χ4n) is 6.95. The van der Waals surface area contributed by atoms with E-state index in [9.17, 15) is 9.59 Å². The van der Waals surface area contributed by atoms with Crippen LogP contribution in [0.2, 0.25) is 0 Å². The molecule has 1 aliphatic heterocycles. The summed E-state index contributed by atoms with van der Waals surface area (Å²) in [6, 6.07) is 12.0. The molecule has 0 bridgehead atoms. The van der Waals surface area contributed by atoms with Gasteiger partial charge in [0.25, 0.3) is 5.91 Å². The van der Waals surface area contributed by atoms with Crippen LogP contribution in [-0.4, -0.2) is 38.2 Å². The lowest BCUT2D eigenvalue weighted by Gasteiger charge is -2.55. The number of nitrogens with one attached hydrogen (secondary N) is 1. The molecule has 3 unspecified atom stereocenters. The SMILES string of the molecule is CC(C)c1ccc2c(c1)CCC1C(C)(CNC(=O)COC(=O)c3ccc4c(c3)OCCO4)CCCC21C. The van der Waals surface area contributed by atoms with Crippen LogP contribution >= 0.6 is 0 Å². The molecule has 1 amide bonds. The van der Waals surface area contributed by atoms with Gasteiger partial charge in [0.2, 0.25) is 0 Å². The van der Waals surface area contributed by atoms with E-state index in [1.807, 2.05) is 0 Å². The third kappa shape index (κ3) is 4.95. The Kier molecular flexibility index (Phi) is 6.95. The molecule has 0 spiro atoms. The zero-order valence-corrected chi connectivity index (χ0v) is 22.5. The molecule has 0 aromatic heterocycles. The minimum atomic E-state index is -0.548. The molecule has 3 aliphatic rings. The molecule has 0 saturated heterocycles. The molecular formula is C31H39NO5. The number of hydrogen-bond donors (Lipinski definition) is 1. The van der Waals surface area contributed by atoms with Gasteiger partial charge in [-0.05, 0) is 83.2 Å². The number of fused-ring (bicyclic) bond motifs is 4. The van der Waals surface area contributed by atoms with Crippen molar-refractivity contribution in [1.29, 1.82) is 0 Å². The van der Waals surface area contributed by atoms with Gasteiger partial charge in [0.1, 0.15) is 13.2 Å². The number of aryl methyl sites for hydroxylation is 1. The van der Waals surface area contributed by atoms with E-state index in [1.165, 1.54) is 23.1 Å². The fraction of sp³-hybridized carbons (Fsp3) is 0.548. The number of hydrogen-bond acceptors (Lipinski definition) is 5. The molecule has 2 aromatic carbocycles. The Bertz CT molecular complexity index is 1190. The van der Waals surface area contributed by atoms with E-state index in [4.69, 9.17) is 14.2 Å².